The molecule has 1 saturated carbocycles. The van der Waals surface area contributed by atoms with Gasteiger partial charge in [-0.05, 0) is 25.3 Å². The third-order valence-corrected chi connectivity index (χ3v) is 3.28. The van der Waals surface area contributed by atoms with Crippen molar-refractivity contribution >= 4 is 5.91 Å². The van der Waals surface area contributed by atoms with Crippen molar-refractivity contribution in [2.45, 2.75) is 45.5 Å². The highest BCUT2D eigenvalue weighted by molar-refractivity contribution is 5.79. The summed E-state index contributed by atoms with van der Waals surface area (Å²) in [5, 5.41) is 0. The van der Waals surface area contributed by atoms with E-state index in [2.05, 4.69) is 0 Å². The summed E-state index contributed by atoms with van der Waals surface area (Å²) in [4.78, 5) is 13.9. The quantitative estimate of drug-likeness (QED) is 0.798. The van der Waals surface area contributed by atoms with Crippen molar-refractivity contribution in [2.24, 2.45) is 17.6 Å². The van der Waals surface area contributed by atoms with E-state index in [1.165, 1.54) is 0 Å². The van der Waals surface area contributed by atoms with E-state index in [4.69, 9.17) is 5.73 Å². The van der Waals surface area contributed by atoms with Crippen LogP contribution in [0.1, 0.15) is 39.5 Å². The Balaban J connectivity index is 2.58. The van der Waals surface area contributed by atoms with Crippen LogP contribution in [0.4, 0.5) is 8.78 Å². The van der Waals surface area contributed by atoms with Crippen LogP contribution in [-0.4, -0.2) is 36.4 Å². The molecule has 3 nitrogen and oxygen atoms in total. The first kappa shape index (κ1) is 15.3. The average molecular weight is 262 g/mol. The summed E-state index contributed by atoms with van der Waals surface area (Å²) >= 11 is 0. The third kappa shape index (κ3) is 4.52. The molecule has 0 aromatic carbocycles. The predicted molar refractivity (Wildman–Crippen MR) is 67.4 cm³/mol. The molecule has 1 fully saturated rings. The molecule has 1 rings (SSSR count). The Bertz CT molecular complexity index is 282. The van der Waals surface area contributed by atoms with Gasteiger partial charge in [-0.15, -0.1) is 0 Å². The lowest BCUT2D eigenvalue weighted by Gasteiger charge is -2.27. The number of nitrogens with two attached hydrogens (primary N) is 1. The van der Waals surface area contributed by atoms with E-state index < -0.39 is 11.8 Å². The maximum absolute atomic E-state index is 13.1. The fourth-order valence-corrected chi connectivity index (χ4v) is 2.43. The molecule has 2 N–H and O–H groups in total. The summed E-state index contributed by atoms with van der Waals surface area (Å²) in [7, 11) is 0. The van der Waals surface area contributed by atoms with Crippen LogP contribution in [0, 0.1) is 11.8 Å². The van der Waals surface area contributed by atoms with Crippen molar-refractivity contribution in [1.82, 2.24) is 4.90 Å². The van der Waals surface area contributed by atoms with E-state index in [1.54, 1.807) is 4.90 Å². The Kier molecular flexibility index (Phi) is 5.50. The number of hydrogen-bond donors (Lipinski definition) is 1. The monoisotopic (exact) mass is 262 g/mol. The SMILES string of the molecule is CC(C)CN(CCCN)C(=O)C1CCC(F)(F)C1. The Hall–Kier alpha value is -0.710. The first-order valence-electron chi connectivity index (χ1n) is 6.72. The summed E-state index contributed by atoms with van der Waals surface area (Å²) in [6.45, 7) is 5.76. The summed E-state index contributed by atoms with van der Waals surface area (Å²) < 4.78 is 26.3. The number of carbonyl (C=O) groups is 1. The number of carbonyl (C=O) groups excluding carboxylic acids is 1. The predicted octanol–water partition coefficient (Wildman–Crippen LogP) is 2.26. The second-order valence-corrected chi connectivity index (χ2v) is 5.62. The first-order valence-corrected chi connectivity index (χ1v) is 6.72. The second-order valence-electron chi connectivity index (χ2n) is 5.62. The zero-order chi connectivity index (χ0) is 13.8. The van der Waals surface area contributed by atoms with Crippen LogP contribution in [0.2, 0.25) is 0 Å². The third-order valence-electron chi connectivity index (χ3n) is 3.28. The molecule has 5 heteroatoms. The van der Waals surface area contributed by atoms with Crippen LogP contribution in [0.3, 0.4) is 0 Å². The van der Waals surface area contributed by atoms with E-state index in [0.717, 1.165) is 6.42 Å². The van der Waals surface area contributed by atoms with Crippen LogP contribution in [0.25, 0.3) is 0 Å². The van der Waals surface area contributed by atoms with Crippen molar-refractivity contribution in [2.75, 3.05) is 19.6 Å². The van der Waals surface area contributed by atoms with Crippen molar-refractivity contribution in [1.29, 1.82) is 0 Å². The summed E-state index contributed by atoms with van der Waals surface area (Å²) in [6.07, 6.45) is 0.587. The first-order chi connectivity index (χ1) is 8.35. The molecule has 18 heavy (non-hydrogen) atoms. The maximum Gasteiger partial charge on any atom is 0.248 e. The topological polar surface area (TPSA) is 46.3 Å². The molecule has 0 spiro atoms. The number of hydrogen-bond acceptors (Lipinski definition) is 2. The summed E-state index contributed by atoms with van der Waals surface area (Å²) in [5.41, 5.74) is 5.45. The molecule has 0 radical (unpaired) electrons. The van der Waals surface area contributed by atoms with Crippen LogP contribution < -0.4 is 5.73 Å². The van der Waals surface area contributed by atoms with E-state index in [0.29, 0.717) is 32.0 Å². The summed E-state index contributed by atoms with van der Waals surface area (Å²) in [6, 6.07) is 0. The normalized spacial score (nSPS) is 22.4. The smallest absolute Gasteiger partial charge is 0.248 e. The van der Waals surface area contributed by atoms with Crippen LogP contribution in [-0.2, 0) is 4.79 Å². The van der Waals surface area contributed by atoms with Gasteiger partial charge in [0.05, 0.1) is 0 Å². The van der Waals surface area contributed by atoms with Crippen LogP contribution >= 0.6 is 0 Å². The lowest BCUT2D eigenvalue weighted by molar-refractivity contribution is -0.137. The minimum atomic E-state index is -2.66. The molecule has 0 bridgehead atoms. The Morgan fingerprint density at radius 3 is 2.61 bits per heavy atom. The number of rotatable bonds is 6. The van der Waals surface area contributed by atoms with Gasteiger partial charge in [0, 0.05) is 31.8 Å². The largest absolute Gasteiger partial charge is 0.342 e. The molecule has 0 saturated heterocycles. The molecule has 106 valence electrons. The van der Waals surface area contributed by atoms with Crippen molar-refractivity contribution in [3.05, 3.63) is 0 Å². The lowest BCUT2D eigenvalue weighted by Crippen LogP contribution is -2.39. The standard InChI is InChI=1S/C13H24F2N2O/c1-10(2)9-17(7-3-6-16)12(18)11-4-5-13(14,15)8-11/h10-11H,3-9,16H2,1-2H3. The fraction of sp³-hybridized carbons (Fsp3) is 0.923. The number of nitrogens with zero attached hydrogens (tertiary/aromatic N) is 1. The van der Waals surface area contributed by atoms with Gasteiger partial charge >= 0.3 is 0 Å². The van der Waals surface area contributed by atoms with Gasteiger partial charge in [-0.1, -0.05) is 13.8 Å². The molecule has 1 atom stereocenters. The van der Waals surface area contributed by atoms with Gasteiger partial charge in [0.15, 0.2) is 0 Å². The number of alkyl halides is 2. The highest BCUT2D eigenvalue weighted by atomic mass is 19.3. The van der Waals surface area contributed by atoms with Crippen LogP contribution in [0.5, 0.6) is 0 Å². The minimum Gasteiger partial charge on any atom is -0.342 e. The van der Waals surface area contributed by atoms with Crippen molar-refractivity contribution < 1.29 is 13.6 Å². The highest BCUT2D eigenvalue weighted by Gasteiger charge is 2.43. The van der Waals surface area contributed by atoms with E-state index >= 15 is 0 Å². The maximum atomic E-state index is 13.1. The van der Waals surface area contributed by atoms with E-state index in [1.807, 2.05) is 13.8 Å². The van der Waals surface area contributed by atoms with Gasteiger partial charge in [-0.3, -0.25) is 4.79 Å². The molecular weight excluding hydrogens is 238 g/mol. The van der Waals surface area contributed by atoms with Gasteiger partial charge in [0.2, 0.25) is 11.8 Å². The van der Waals surface area contributed by atoms with Gasteiger partial charge < -0.3 is 10.6 Å². The van der Waals surface area contributed by atoms with E-state index in [-0.39, 0.29) is 18.7 Å². The Labute approximate surface area is 108 Å². The fourth-order valence-electron chi connectivity index (χ4n) is 2.43. The van der Waals surface area contributed by atoms with Crippen molar-refractivity contribution in [3.63, 3.8) is 0 Å². The van der Waals surface area contributed by atoms with Crippen LogP contribution in [0.15, 0.2) is 0 Å². The zero-order valence-corrected chi connectivity index (χ0v) is 11.3. The molecule has 1 amide bonds. The molecule has 0 heterocycles. The van der Waals surface area contributed by atoms with E-state index in [9.17, 15) is 13.6 Å². The Morgan fingerprint density at radius 2 is 2.17 bits per heavy atom. The lowest BCUT2D eigenvalue weighted by atomic mass is 10.0. The minimum absolute atomic E-state index is 0.116. The zero-order valence-electron chi connectivity index (χ0n) is 11.3. The van der Waals surface area contributed by atoms with Gasteiger partial charge in [0.1, 0.15) is 0 Å². The van der Waals surface area contributed by atoms with Crippen molar-refractivity contribution in [3.8, 4) is 0 Å². The molecular formula is C13H24F2N2O. The van der Waals surface area contributed by atoms with Gasteiger partial charge in [-0.2, -0.15) is 0 Å². The molecule has 0 aliphatic heterocycles. The molecule has 0 aromatic rings. The number of amides is 1. The van der Waals surface area contributed by atoms with Gasteiger partial charge in [-0.25, -0.2) is 8.78 Å². The second kappa shape index (κ2) is 6.45. The van der Waals surface area contributed by atoms with Gasteiger partial charge in [0.25, 0.3) is 0 Å². The molecule has 0 aromatic heterocycles. The average Bonchev–Trinajstić information content (AvgIpc) is 2.63. The molecule has 1 aliphatic carbocycles. The highest BCUT2D eigenvalue weighted by Crippen LogP contribution is 2.39. The Morgan fingerprint density at radius 1 is 1.50 bits per heavy atom. The number of halogens is 2. The summed E-state index contributed by atoms with van der Waals surface area (Å²) in [5.74, 6) is -2.93. The molecule has 1 unspecified atom stereocenters. The molecule has 1 aliphatic rings.